The number of fused-ring (bicyclic) bond motifs is 3. The highest BCUT2D eigenvalue weighted by atomic mass is 32.2. The zero-order valence-corrected chi connectivity index (χ0v) is 17.3. The molecule has 2 heterocycles. The van der Waals surface area contributed by atoms with E-state index in [1.807, 2.05) is 0 Å². The Morgan fingerprint density at radius 2 is 2.07 bits per heavy atom. The summed E-state index contributed by atoms with van der Waals surface area (Å²) in [6.45, 7) is 0.678. The fourth-order valence-electron chi connectivity index (χ4n) is 4.46. The van der Waals surface area contributed by atoms with Crippen LogP contribution in [0, 0.1) is 5.82 Å². The zero-order chi connectivity index (χ0) is 21.0. The lowest BCUT2D eigenvalue weighted by Gasteiger charge is -2.26. The molecule has 1 aromatic carbocycles. The number of anilines is 1. The van der Waals surface area contributed by atoms with Gasteiger partial charge in [0.05, 0.1) is 12.8 Å². The van der Waals surface area contributed by atoms with E-state index in [1.54, 1.807) is 7.11 Å². The molecule has 0 spiro atoms. The normalized spacial score (nSPS) is 20.4. The molecule has 3 aliphatic rings. The van der Waals surface area contributed by atoms with Crippen molar-refractivity contribution in [3.05, 3.63) is 34.3 Å². The highest BCUT2D eigenvalue weighted by molar-refractivity contribution is 7.91. The van der Waals surface area contributed by atoms with Gasteiger partial charge >= 0.3 is 6.03 Å². The third-order valence-electron chi connectivity index (χ3n) is 5.94. The molecule has 2 aromatic rings. The molecule has 2 amide bonds. The number of halogens is 1. The van der Waals surface area contributed by atoms with Crippen LogP contribution in [0.3, 0.4) is 0 Å². The van der Waals surface area contributed by atoms with Gasteiger partial charge in [-0.3, -0.25) is 0 Å². The molecule has 1 unspecified atom stereocenters. The van der Waals surface area contributed by atoms with Gasteiger partial charge in [0, 0.05) is 12.8 Å². The maximum atomic E-state index is 14.6. The molecule has 1 aromatic heterocycles. The molecular weight excluding hydrogens is 413 g/mol. The molecule has 5 rings (SSSR count). The van der Waals surface area contributed by atoms with Gasteiger partial charge in [-0.2, -0.15) is 5.10 Å². The van der Waals surface area contributed by atoms with Gasteiger partial charge in [-0.25, -0.2) is 23.2 Å². The molecule has 0 saturated carbocycles. The Morgan fingerprint density at radius 3 is 2.80 bits per heavy atom. The summed E-state index contributed by atoms with van der Waals surface area (Å²) in [6, 6.07) is -0.993. The van der Waals surface area contributed by atoms with Gasteiger partial charge in [0.2, 0.25) is 5.88 Å². The van der Waals surface area contributed by atoms with Gasteiger partial charge in [0.1, 0.15) is 23.4 Å². The number of nitrogens with zero attached hydrogens (tertiary/aromatic N) is 3. The third-order valence-corrected chi connectivity index (χ3v) is 7.29. The standard InChI is InChI=1S/C19H22FN5O4S/c1-28-8-10-9-29-18-15(7-22-25(10)18)30(21,27)24-19(26)23-17-13-4-2-3-11(13)16(20)12-5-6-14(12)17/h7,10H,2-6,8-9H2,1H3,(H3,21,23,24,26,27)/t10-,30?/m1/s1. The summed E-state index contributed by atoms with van der Waals surface area (Å²) in [5.74, 6) is 0.0902. The number of aromatic nitrogens is 2. The van der Waals surface area contributed by atoms with Crippen LogP contribution in [0.1, 0.15) is 34.7 Å². The molecule has 3 N–H and O–H groups in total. The highest BCUT2D eigenvalue weighted by Crippen LogP contribution is 2.42. The maximum absolute atomic E-state index is 14.6. The Morgan fingerprint density at radius 1 is 1.37 bits per heavy atom. The summed E-state index contributed by atoms with van der Waals surface area (Å²) in [6.07, 6.45) is 4.84. The Labute approximate surface area is 173 Å². The van der Waals surface area contributed by atoms with E-state index in [9.17, 15) is 13.4 Å². The molecule has 0 bridgehead atoms. The van der Waals surface area contributed by atoms with Gasteiger partial charge in [-0.05, 0) is 54.4 Å². The molecule has 2 aliphatic carbocycles. The lowest BCUT2D eigenvalue weighted by Crippen LogP contribution is -2.22. The molecule has 160 valence electrons. The summed E-state index contributed by atoms with van der Waals surface area (Å²) in [7, 11) is -2.02. The number of urea groups is 1. The van der Waals surface area contributed by atoms with Crippen molar-refractivity contribution in [2.45, 2.75) is 43.0 Å². The summed E-state index contributed by atoms with van der Waals surface area (Å²) in [5.41, 5.74) is 3.55. The van der Waals surface area contributed by atoms with Crippen molar-refractivity contribution in [2.75, 3.05) is 25.6 Å². The van der Waals surface area contributed by atoms with Crippen LogP contribution in [-0.2, 0) is 40.3 Å². The number of ether oxygens (including phenoxy) is 2. The zero-order valence-electron chi connectivity index (χ0n) is 16.4. The summed E-state index contributed by atoms with van der Waals surface area (Å²) < 4.78 is 43.6. The van der Waals surface area contributed by atoms with E-state index >= 15 is 0 Å². The Hall–Kier alpha value is -2.50. The van der Waals surface area contributed by atoms with Gasteiger partial charge < -0.3 is 14.8 Å². The van der Waals surface area contributed by atoms with Gasteiger partial charge in [-0.1, -0.05) is 0 Å². The van der Waals surface area contributed by atoms with Crippen LogP contribution < -0.4 is 15.2 Å². The van der Waals surface area contributed by atoms with Crippen molar-refractivity contribution >= 4 is 21.6 Å². The number of hydrogen-bond donors (Lipinski definition) is 2. The van der Waals surface area contributed by atoms with Crippen LogP contribution in [0.2, 0.25) is 0 Å². The van der Waals surface area contributed by atoms with Crippen molar-refractivity contribution < 1.29 is 22.9 Å². The average Bonchev–Trinajstić information content (AvgIpc) is 3.36. The second-order valence-electron chi connectivity index (χ2n) is 7.73. The Kier molecular flexibility index (Phi) is 4.56. The van der Waals surface area contributed by atoms with E-state index in [0.717, 1.165) is 17.5 Å². The van der Waals surface area contributed by atoms with Crippen LogP contribution in [0.5, 0.6) is 5.88 Å². The monoisotopic (exact) mass is 435 g/mol. The molecule has 1 aliphatic heterocycles. The van der Waals surface area contributed by atoms with E-state index < -0.39 is 15.9 Å². The molecule has 0 fully saturated rings. The van der Waals surface area contributed by atoms with Crippen LogP contribution >= 0.6 is 0 Å². The number of nitrogens with one attached hydrogen (secondary N) is 1. The Bertz CT molecular complexity index is 1180. The lowest BCUT2D eigenvalue weighted by molar-refractivity contribution is 0.145. The third kappa shape index (κ3) is 2.91. The molecule has 11 heteroatoms. The lowest BCUT2D eigenvalue weighted by atomic mass is 9.83. The predicted molar refractivity (Wildman–Crippen MR) is 107 cm³/mol. The number of amides is 2. The van der Waals surface area contributed by atoms with Crippen LogP contribution in [0.25, 0.3) is 0 Å². The largest absolute Gasteiger partial charge is 0.475 e. The molecule has 30 heavy (non-hydrogen) atoms. The molecule has 0 radical (unpaired) electrons. The van der Waals surface area contributed by atoms with E-state index in [-0.39, 0.29) is 22.6 Å². The van der Waals surface area contributed by atoms with Crippen molar-refractivity contribution in [2.24, 2.45) is 9.50 Å². The van der Waals surface area contributed by atoms with E-state index in [4.69, 9.17) is 14.6 Å². The minimum atomic E-state index is -3.59. The van der Waals surface area contributed by atoms with Crippen molar-refractivity contribution in [3.63, 3.8) is 0 Å². The van der Waals surface area contributed by atoms with E-state index in [2.05, 4.69) is 14.8 Å². The van der Waals surface area contributed by atoms with Crippen molar-refractivity contribution in [1.82, 2.24) is 9.78 Å². The fourth-order valence-corrected chi connectivity index (χ4v) is 5.45. The number of rotatable bonds is 4. The smallest absolute Gasteiger partial charge is 0.354 e. The molecule has 9 nitrogen and oxygen atoms in total. The predicted octanol–water partition coefficient (Wildman–Crippen LogP) is 2.12. The minimum absolute atomic E-state index is 0.0635. The number of carbonyl (C=O) groups excluding carboxylic acids is 1. The minimum Gasteiger partial charge on any atom is -0.475 e. The molecule has 0 saturated heterocycles. The fraction of sp³-hybridized carbons (Fsp3) is 0.474. The molecule has 2 atom stereocenters. The molecular formula is C19H22FN5O4S. The Balaban J connectivity index is 1.45. The van der Waals surface area contributed by atoms with Gasteiger partial charge in [-0.15, -0.1) is 4.36 Å². The average molecular weight is 435 g/mol. The topological polar surface area (TPSA) is 121 Å². The number of nitrogens with two attached hydrogens (primary N) is 1. The highest BCUT2D eigenvalue weighted by Gasteiger charge is 2.33. The van der Waals surface area contributed by atoms with Crippen molar-refractivity contribution in [3.8, 4) is 5.88 Å². The summed E-state index contributed by atoms with van der Waals surface area (Å²) in [4.78, 5) is 12.7. The first-order valence-electron chi connectivity index (χ1n) is 9.80. The van der Waals surface area contributed by atoms with Crippen LogP contribution in [-0.4, -0.2) is 40.3 Å². The second-order valence-corrected chi connectivity index (χ2v) is 9.49. The first-order chi connectivity index (χ1) is 14.4. The first-order valence-corrected chi connectivity index (χ1v) is 11.4. The number of benzene rings is 1. The second kappa shape index (κ2) is 7.03. The first kappa shape index (κ1) is 19.5. The van der Waals surface area contributed by atoms with Gasteiger partial charge in [0.25, 0.3) is 0 Å². The number of methoxy groups -OCH3 is 1. The summed E-state index contributed by atoms with van der Waals surface area (Å²) in [5, 5.41) is 12.8. The number of carbonyl (C=O) groups is 1. The van der Waals surface area contributed by atoms with E-state index in [0.29, 0.717) is 55.7 Å². The van der Waals surface area contributed by atoms with Crippen LogP contribution in [0.15, 0.2) is 15.5 Å². The van der Waals surface area contributed by atoms with E-state index in [1.165, 1.54) is 10.9 Å². The van der Waals surface area contributed by atoms with Crippen molar-refractivity contribution in [1.29, 1.82) is 0 Å². The van der Waals surface area contributed by atoms with Crippen LogP contribution in [0.4, 0.5) is 14.9 Å². The maximum Gasteiger partial charge on any atom is 0.354 e. The number of hydrogen-bond acceptors (Lipinski definition) is 5. The SMILES string of the molecule is COC[C@@H]1COc2c(S(N)(=O)=NC(=O)Nc3c4c(c(F)c5c3CC5)CCC4)cnn21. The summed E-state index contributed by atoms with van der Waals surface area (Å²) >= 11 is 0. The van der Waals surface area contributed by atoms with Gasteiger partial charge in [0.15, 0.2) is 9.92 Å². The quantitative estimate of drug-likeness (QED) is 0.762.